The molecule has 0 bridgehead atoms. The van der Waals surface area contributed by atoms with Gasteiger partial charge >= 0.3 is 18.2 Å². The molecule has 2 aromatic heterocycles. The first-order valence-electron chi connectivity index (χ1n) is 9.11. The van der Waals surface area contributed by atoms with Crippen LogP contribution in [-0.2, 0) is 9.53 Å². The number of halogens is 4. The van der Waals surface area contributed by atoms with Crippen molar-refractivity contribution in [3.05, 3.63) is 34.7 Å². The number of rotatable bonds is 1. The zero-order chi connectivity index (χ0) is 22.9. The molecule has 0 spiro atoms. The molecular formula is C19H23BrF3N3O4. The number of carbonyl (C=O) groups is 2. The molecule has 1 amide bonds. The van der Waals surface area contributed by atoms with Crippen LogP contribution in [0.3, 0.4) is 0 Å². The Morgan fingerprint density at radius 3 is 2.37 bits per heavy atom. The molecule has 166 valence electrons. The van der Waals surface area contributed by atoms with E-state index >= 15 is 0 Å². The number of pyridine rings is 1. The number of ether oxygens (including phenoxy) is 1. The van der Waals surface area contributed by atoms with Gasteiger partial charge in [-0.15, -0.1) is 0 Å². The van der Waals surface area contributed by atoms with E-state index in [1.165, 1.54) is 0 Å². The number of aromatic nitrogens is 2. The Hall–Kier alpha value is -2.30. The summed E-state index contributed by atoms with van der Waals surface area (Å²) in [4.78, 5) is 27.9. The van der Waals surface area contributed by atoms with Crippen molar-refractivity contribution in [3.8, 4) is 0 Å². The summed E-state index contributed by atoms with van der Waals surface area (Å²) in [6.07, 6.45) is -0.461. The van der Waals surface area contributed by atoms with E-state index in [2.05, 4.69) is 22.9 Å². The maximum atomic E-state index is 12.5. The van der Waals surface area contributed by atoms with Crippen LogP contribution < -0.4 is 0 Å². The SMILES string of the molecule is CC1CC(c2cn3cc(Br)ccc3n2)N(C(=O)OC(C)(C)C)C1.O=C(O)C(F)(F)F. The van der Waals surface area contributed by atoms with Gasteiger partial charge in [-0.25, -0.2) is 14.6 Å². The van der Waals surface area contributed by atoms with Gasteiger partial charge in [0.2, 0.25) is 0 Å². The molecule has 11 heteroatoms. The van der Waals surface area contributed by atoms with E-state index in [4.69, 9.17) is 19.6 Å². The van der Waals surface area contributed by atoms with Gasteiger partial charge in [0.05, 0.1) is 11.7 Å². The highest BCUT2D eigenvalue weighted by Crippen LogP contribution is 2.36. The average molecular weight is 494 g/mol. The summed E-state index contributed by atoms with van der Waals surface area (Å²) in [6, 6.07) is 3.90. The van der Waals surface area contributed by atoms with Crippen LogP contribution in [0.5, 0.6) is 0 Å². The van der Waals surface area contributed by atoms with Gasteiger partial charge in [-0.2, -0.15) is 13.2 Å². The Balaban J connectivity index is 0.000000396. The second kappa shape index (κ2) is 8.83. The summed E-state index contributed by atoms with van der Waals surface area (Å²) in [7, 11) is 0. The molecule has 0 aromatic carbocycles. The number of aliphatic carboxylic acids is 1. The van der Waals surface area contributed by atoms with Crippen molar-refractivity contribution >= 4 is 33.6 Å². The van der Waals surface area contributed by atoms with E-state index in [-0.39, 0.29) is 12.1 Å². The van der Waals surface area contributed by atoms with Crippen LogP contribution in [0.15, 0.2) is 29.0 Å². The largest absolute Gasteiger partial charge is 0.490 e. The van der Waals surface area contributed by atoms with Crippen LogP contribution >= 0.6 is 15.9 Å². The first-order chi connectivity index (χ1) is 13.7. The zero-order valence-electron chi connectivity index (χ0n) is 16.9. The quantitative estimate of drug-likeness (QED) is 0.600. The van der Waals surface area contributed by atoms with Crippen molar-refractivity contribution in [1.82, 2.24) is 14.3 Å². The Morgan fingerprint density at radius 2 is 1.83 bits per heavy atom. The molecule has 1 aliphatic heterocycles. The average Bonchev–Trinajstić information content (AvgIpc) is 3.15. The number of carboxylic acids is 1. The maximum Gasteiger partial charge on any atom is 0.490 e. The number of hydrogen-bond donors (Lipinski definition) is 1. The van der Waals surface area contributed by atoms with Crippen molar-refractivity contribution in [2.24, 2.45) is 5.92 Å². The number of carboxylic acid groups (broad SMARTS) is 1. The Morgan fingerprint density at radius 1 is 1.23 bits per heavy atom. The van der Waals surface area contributed by atoms with Crippen molar-refractivity contribution in [2.45, 2.75) is 51.9 Å². The number of hydrogen-bond acceptors (Lipinski definition) is 4. The molecule has 2 atom stereocenters. The lowest BCUT2D eigenvalue weighted by Gasteiger charge is -2.27. The molecule has 0 radical (unpaired) electrons. The van der Waals surface area contributed by atoms with E-state index in [9.17, 15) is 18.0 Å². The first kappa shape index (κ1) is 24.0. The molecule has 1 N–H and O–H groups in total. The molecule has 30 heavy (non-hydrogen) atoms. The van der Waals surface area contributed by atoms with E-state index in [1.54, 1.807) is 0 Å². The summed E-state index contributed by atoms with van der Waals surface area (Å²) in [6.45, 7) is 8.53. The highest BCUT2D eigenvalue weighted by atomic mass is 79.9. The predicted octanol–water partition coefficient (Wildman–Crippen LogP) is 5.05. The number of likely N-dealkylation sites (tertiary alicyclic amines) is 1. The minimum Gasteiger partial charge on any atom is -0.475 e. The number of carbonyl (C=O) groups excluding carboxylic acids is 1. The molecule has 2 unspecified atom stereocenters. The summed E-state index contributed by atoms with van der Waals surface area (Å²) < 4.78 is 40.3. The van der Waals surface area contributed by atoms with Crippen LogP contribution in [0.25, 0.3) is 5.65 Å². The highest BCUT2D eigenvalue weighted by molar-refractivity contribution is 9.10. The number of nitrogens with zero attached hydrogens (tertiary/aromatic N) is 3. The molecule has 1 fully saturated rings. The van der Waals surface area contributed by atoms with Gasteiger partial charge in [0, 0.05) is 23.4 Å². The molecule has 0 saturated carbocycles. The summed E-state index contributed by atoms with van der Waals surface area (Å²) >= 11 is 3.47. The van der Waals surface area contributed by atoms with Gasteiger partial charge in [0.1, 0.15) is 11.2 Å². The molecule has 2 aromatic rings. The van der Waals surface area contributed by atoms with Crippen LogP contribution in [-0.4, -0.2) is 49.8 Å². The third-order valence-corrected chi connectivity index (χ3v) is 4.62. The maximum absolute atomic E-state index is 12.5. The van der Waals surface area contributed by atoms with Crippen LogP contribution in [0.4, 0.5) is 18.0 Å². The number of alkyl halides is 3. The van der Waals surface area contributed by atoms with Crippen molar-refractivity contribution in [3.63, 3.8) is 0 Å². The molecule has 7 nitrogen and oxygen atoms in total. The zero-order valence-corrected chi connectivity index (χ0v) is 18.5. The lowest BCUT2D eigenvalue weighted by Crippen LogP contribution is -2.36. The normalized spacial score (nSPS) is 19.4. The summed E-state index contributed by atoms with van der Waals surface area (Å²) in [5.41, 5.74) is 1.31. The second-order valence-electron chi connectivity index (χ2n) is 8.07. The molecular weight excluding hydrogens is 471 g/mol. The second-order valence-corrected chi connectivity index (χ2v) is 8.99. The van der Waals surface area contributed by atoms with Gasteiger partial charge in [-0.05, 0) is 61.2 Å². The minimum absolute atomic E-state index is 0.0291. The topological polar surface area (TPSA) is 84.1 Å². The first-order valence-corrected chi connectivity index (χ1v) is 9.90. The van der Waals surface area contributed by atoms with Crippen LogP contribution in [0.1, 0.15) is 45.9 Å². The highest BCUT2D eigenvalue weighted by Gasteiger charge is 2.39. The standard InChI is InChI=1S/C17H22BrN3O2.C2HF3O2/c1-11-7-14(21(8-11)16(22)23-17(2,3)4)13-10-20-9-12(18)5-6-15(20)19-13;3-2(4,5)1(6)7/h5-6,9-11,14H,7-8H2,1-4H3;(H,6,7). The minimum atomic E-state index is -5.08. The van der Waals surface area contributed by atoms with Gasteiger partial charge in [0.15, 0.2) is 0 Å². The lowest BCUT2D eigenvalue weighted by molar-refractivity contribution is -0.192. The van der Waals surface area contributed by atoms with Crippen molar-refractivity contribution in [2.75, 3.05) is 6.54 Å². The molecule has 1 saturated heterocycles. The van der Waals surface area contributed by atoms with Gasteiger partial charge in [0.25, 0.3) is 0 Å². The van der Waals surface area contributed by atoms with E-state index in [1.807, 2.05) is 54.6 Å². The molecule has 3 rings (SSSR count). The summed E-state index contributed by atoms with van der Waals surface area (Å²) in [5.74, 6) is -2.32. The number of amides is 1. The third kappa shape index (κ3) is 6.35. The van der Waals surface area contributed by atoms with E-state index in [0.717, 1.165) is 22.2 Å². The van der Waals surface area contributed by atoms with Crippen LogP contribution in [0.2, 0.25) is 0 Å². The molecule has 3 heterocycles. The Kier molecular flexibility index (Phi) is 7.05. The predicted molar refractivity (Wildman–Crippen MR) is 106 cm³/mol. The Labute approximate surface area is 180 Å². The fourth-order valence-electron chi connectivity index (χ4n) is 2.99. The number of imidazole rings is 1. The Bertz CT molecular complexity index is 924. The summed E-state index contributed by atoms with van der Waals surface area (Å²) in [5, 5.41) is 7.12. The smallest absolute Gasteiger partial charge is 0.475 e. The third-order valence-electron chi connectivity index (χ3n) is 4.16. The van der Waals surface area contributed by atoms with E-state index in [0.29, 0.717) is 12.5 Å². The lowest BCUT2D eigenvalue weighted by atomic mass is 10.1. The fourth-order valence-corrected chi connectivity index (χ4v) is 3.35. The van der Waals surface area contributed by atoms with Gasteiger partial charge in [-0.1, -0.05) is 6.92 Å². The molecule has 0 aliphatic carbocycles. The molecule has 1 aliphatic rings. The van der Waals surface area contributed by atoms with Crippen molar-refractivity contribution in [1.29, 1.82) is 0 Å². The van der Waals surface area contributed by atoms with Gasteiger partial charge < -0.3 is 14.2 Å². The van der Waals surface area contributed by atoms with E-state index < -0.39 is 17.7 Å². The van der Waals surface area contributed by atoms with Crippen LogP contribution in [0, 0.1) is 5.92 Å². The van der Waals surface area contributed by atoms with Crippen molar-refractivity contribution < 1.29 is 32.6 Å². The monoisotopic (exact) mass is 493 g/mol. The number of fused-ring (bicyclic) bond motifs is 1. The fraction of sp³-hybridized carbons (Fsp3) is 0.526. The van der Waals surface area contributed by atoms with Gasteiger partial charge in [-0.3, -0.25) is 4.90 Å².